The first-order valence-electron chi connectivity index (χ1n) is 13.8. The Hall–Kier alpha value is -4.04. The first kappa shape index (κ1) is 22.0. The molecule has 0 amide bonds. The molecule has 1 N–H and O–H groups in total. The van der Waals surface area contributed by atoms with Crippen molar-refractivity contribution in [1.29, 1.82) is 0 Å². The van der Waals surface area contributed by atoms with Crippen LogP contribution in [0, 0.1) is 0 Å². The predicted molar refractivity (Wildman–Crippen MR) is 163 cm³/mol. The van der Waals surface area contributed by atoms with E-state index in [-0.39, 0.29) is 10.8 Å². The van der Waals surface area contributed by atoms with Gasteiger partial charge in [0.2, 0.25) is 0 Å². The molecule has 1 aliphatic rings. The topological polar surface area (TPSA) is 20.7 Å². The van der Waals surface area contributed by atoms with E-state index < -0.39 is 0 Å². The smallest absolute Gasteiger partial charge is 0.0548 e. The van der Waals surface area contributed by atoms with E-state index in [1.807, 2.05) is 0 Å². The van der Waals surface area contributed by atoms with E-state index in [1.165, 1.54) is 84.0 Å². The van der Waals surface area contributed by atoms with Crippen molar-refractivity contribution >= 4 is 54.4 Å². The highest BCUT2D eigenvalue weighted by molar-refractivity contribution is 6.22. The Morgan fingerprint density at radius 2 is 1.24 bits per heavy atom. The van der Waals surface area contributed by atoms with Crippen LogP contribution in [0.4, 0.5) is 0 Å². The SMILES string of the molecule is CC1(C)CCC(C)(C)c2cc3c(cc21)c1cc2[nH]c4c5ccccc5ccc4c2cc1n3-c1ccccc1. The Labute approximate surface area is 222 Å². The Morgan fingerprint density at radius 1 is 0.579 bits per heavy atom. The van der Waals surface area contributed by atoms with Crippen LogP contribution in [-0.2, 0) is 10.8 Å². The van der Waals surface area contributed by atoms with E-state index in [4.69, 9.17) is 0 Å². The number of aromatic amines is 1. The first-order chi connectivity index (χ1) is 18.3. The summed E-state index contributed by atoms with van der Waals surface area (Å²) in [5, 5.41) is 7.77. The van der Waals surface area contributed by atoms with Crippen LogP contribution in [0.15, 0.2) is 91.0 Å². The van der Waals surface area contributed by atoms with Crippen LogP contribution >= 0.6 is 0 Å². The Morgan fingerprint density at radius 3 is 2.03 bits per heavy atom. The van der Waals surface area contributed by atoms with E-state index in [0.717, 1.165) is 0 Å². The molecule has 0 atom stereocenters. The Balaban J connectivity index is 1.55. The molecule has 1 aliphatic carbocycles. The summed E-state index contributed by atoms with van der Waals surface area (Å²) in [6.45, 7) is 9.68. The third kappa shape index (κ3) is 2.89. The van der Waals surface area contributed by atoms with Crippen molar-refractivity contribution in [1.82, 2.24) is 9.55 Å². The van der Waals surface area contributed by atoms with E-state index in [9.17, 15) is 0 Å². The minimum absolute atomic E-state index is 0.167. The van der Waals surface area contributed by atoms with Gasteiger partial charge in [-0.15, -0.1) is 0 Å². The molecule has 2 heteroatoms. The molecule has 2 heterocycles. The highest BCUT2D eigenvalue weighted by Crippen LogP contribution is 2.49. The molecule has 0 fully saturated rings. The molecule has 2 nitrogen and oxygen atoms in total. The fourth-order valence-corrected chi connectivity index (χ4v) is 7.07. The molecule has 0 aliphatic heterocycles. The number of para-hydroxylation sites is 1. The number of hydrogen-bond donors (Lipinski definition) is 1. The van der Waals surface area contributed by atoms with Gasteiger partial charge in [0.15, 0.2) is 0 Å². The number of nitrogens with one attached hydrogen (secondary N) is 1. The zero-order chi connectivity index (χ0) is 25.8. The molecule has 0 radical (unpaired) electrons. The van der Waals surface area contributed by atoms with Crippen LogP contribution in [0.25, 0.3) is 60.1 Å². The lowest BCUT2D eigenvalue weighted by molar-refractivity contribution is 0.332. The third-order valence-corrected chi connectivity index (χ3v) is 9.37. The molecule has 0 unspecified atom stereocenters. The molecule has 2 aromatic heterocycles. The van der Waals surface area contributed by atoms with Gasteiger partial charge in [-0.2, -0.15) is 0 Å². The van der Waals surface area contributed by atoms with Crippen molar-refractivity contribution in [2.75, 3.05) is 0 Å². The highest BCUT2D eigenvalue weighted by atomic mass is 15.0. The fourth-order valence-electron chi connectivity index (χ4n) is 7.07. The van der Waals surface area contributed by atoms with Crippen LogP contribution in [0.2, 0.25) is 0 Å². The molecule has 5 aromatic carbocycles. The highest BCUT2D eigenvalue weighted by Gasteiger charge is 2.37. The molecule has 0 saturated heterocycles. The lowest BCUT2D eigenvalue weighted by atomic mass is 9.63. The second kappa shape index (κ2) is 7.29. The summed E-state index contributed by atoms with van der Waals surface area (Å²) >= 11 is 0. The number of hydrogen-bond acceptors (Lipinski definition) is 0. The number of aromatic nitrogens is 2. The van der Waals surface area contributed by atoms with Gasteiger partial charge >= 0.3 is 0 Å². The molecule has 38 heavy (non-hydrogen) atoms. The molecule has 7 aromatic rings. The Bertz CT molecular complexity index is 2070. The minimum Gasteiger partial charge on any atom is -0.354 e. The molecular formula is C36H32N2. The maximum absolute atomic E-state index is 3.81. The summed E-state index contributed by atoms with van der Waals surface area (Å²) in [5.41, 5.74) is 9.56. The summed E-state index contributed by atoms with van der Waals surface area (Å²) in [4.78, 5) is 3.81. The quantitative estimate of drug-likeness (QED) is 0.235. The van der Waals surface area contributed by atoms with Crippen molar-refractivity contribution in [3.63, 3.8) is 0 Å². The zero-order valence-electron chi connectivity index (χ0n) is 22.5. The normalized spacial score (nSPS) is 16.6. The monoisotopic (exact) mass is 492 g/mol. The third-order valence-electron chi connectivity index (χ3n) is 9.37. The van der Waals surface area contributed by atoms with Crippen molar-refractivity contribution in [2.24, 2.45) is 0 Å². The molecular weight excluding hydrogens is 460 g/mol. The van der Waals surface area contributed by atoms with Crippen molar-refractivity contribution in [3.05, 3.63) is 102 Å². The van der Waals surface area contributed by atoms with Gasteiger partial charge in [-0.25, -0.2) is 0 Å². The number of fused-ring (bicyclic) bond motifs is 9. The molecule has 0 spiro atoms. The van der Waals surface area contributed by atoms with Crippen LogP contribution in [0.5, 0.6) is 0 Å². The minimum atomic E-state index is 0.167. The van der Waals surface area contributed by atoms with Gasteiger partial charge in [0.1, 0.15) is 0 Å². The lowest BCUT2D eigenvalue weighted by Gasteiger charge is -2.42. The maximum Gasteiger partial charge on any atom is 0.0548 e. The van der Waals surface area contributed by atoms with Gasteiger partial charge in [-0.3, -0.25) is 0 Å². The summed E-state index contributed by atoms with van der Waals surface area (Å²) in [6.07, 6.45) is 2.43. The maximum atomic E-state index is 3.81. The van der Waals surface area contributed by atoms with Gasteiger partial charge in [0.05, 0.1) is 16.6 Å². The first-order valence-corrected chi connectivity index (χ1v) is 13.8. The van der Waals surface area contributed by atoms with Gasteiger partial charge in [-0.1, -0.05) is 82.3 Å². The number of rotatable bonds is 1. The van der Waals surface area contributed by atoms with Gasteiger partial charge in [0, 0.05) is 38.1 Å². The van der Waals surface area contributed by atoms with Crippen molar-refractivity contribution in [3.8, 4) is 5.69 Å². The van der Waals surface area contributed by atoms with Crippen LogP contribution in [0.3, 0.4) is 0 Å². The van der Waals surface area contributed by atoms with E-state index in [2.05, 4.69) is 128 Å². The molecule has 0 saturated carbocycles. The van der Waals surface area contributed by atoms with Crippen LogP contribution in [-0.4, -0.2) is 9.55 Å². The second-order valence-corrected chi connectivity index (χ2v) is 12.6. The van der Waals surface area contributed by atoms with Crippen LogP contribution in [0.1, 0.15) is 51.7 Å². The van der Waals surface area contributed by atoms with E-state index in [0.29, 0.717) is 0 Å². The molecule has 0 bridgehead atoms. The number of H-pyrrole nitrogens is 1. The number of benzene rings is 5. The van der Waals surface area contributed by atoms with Gasteiger partial charge < -0.3 is 9.55 Å². The number of nitrogens with zero attached hydrogens (tertiary/aromatic N) is 1. The zero-order valence-corrected chi connectivity index (χ0v) is 22.5. The van der Waals surface area contributed by atoms with Crippen molar-refractivity contribution < 1.29 is 0 Å². The molecule has 186 valence electrons. The van der Waals surface area contributed by atoms with Gasteiger partial charge in [-0.05, 0) is 76.6 Å². The average molecular weight is 493 g/mol. The largest absolute Gasteiger partial charge is 0.354 e. The van der Waals surface area contributed by atoms with Gasteiger partial charge in [0.25, 0.3) is 0 Å². The predicted octanol–water partition coefficient (Wildman–Crippen LogP) is 9.92. The van der Waals surface area contributed by atoms with E-state index in [1.54, 1.807) is 0 Å². The second-order valence-electron chi connectivity index (χ2n) is 12.6. The average Bonchev–Trinajstić information content (AvgIpc) is 3.45. The summed E-state index contributed by atoms with van der Waals surface area (Å²) in [5.74, 6) is 0. The Kier molecular flexibility index (Phi) is 4.22. The fraction of sp³-hybridized carbons (Fsp3) is 0.222. The summed E-state index contributed by atoms with van der Waals surface area (Å²) < 4.78 is 2.49. The lowest BCUT2D eigenvalue weighted by Crippen LogP contribution is -2.33. The standard InChI is InChI=1S/C36H32N2/c1-35(2)16-17-36(3,4)30-21-33-27(18-29(30)35)28-19-31-26(20-32(28)38(33)23-11-6-5-7-12-23)25-15-14-22-10-8-9-13-24(22)34(25)37-31/h5-15,18-21,37H,16-17H2,1-4H3. The van der Waals surface area contributed by atoms with Crippen molar-refractivity contribution in [2.45, 2.75) is 51.4 Å². The summed E-state index contributed by atoms with van der Waals surface area (Å²) in [6, 6.07) is 33.9. The van der Waals surface area contributed by atoms with E-state index >= 15 is 0 Å². The summed E-state index contributed by atoms with van der Waals surface area (Å²) in [7, 11) is 0. The van der Waals surface area contributed by atoms with Crippen LogP contribution < -0.4 is 0 Å². The molecule has 8 rings (SSSR count).